The number of hydrogen-bond acceptors (Lipinski definition) is 6. The topological polar surface area (TPSA) is 95.3 Å². The molecule has 12 heteroatoms. The van der Waals surface area contributed by atoms with Crippen LogP contribution in [0.3, 0.4) is 0 Å². The lowest BCUT2D eigenvalue weighted by Crippen LogP contribution is -2.64. The monoisotopic (exact) mass is 549 g/mol. The summed E-state index contributed by atoms with van der Waals surface area (Å²) in [6, 6.07) is 0.978. The molecule has 37 heavy (non-hydrogen) atoms. The van der Waals surface area contributed by atoms with Gasteiger partial charge in [-0.25, -0.2) is 18.0 Å². The van der Waals surface area contributed by atoms with Crippen LogP contribution in [-0.2, 0) is 24.1 Å². The van der Waals surface area contributed by atoms with Crippen molar-refractivity contribution in [2.75, 3.05) is 53.7 Å². The molecule has 1 aromatic rings. The van der Waals surface area contributed by atoms with Gasteiger partial charge in [0.25, 0.3) is 0 Å². The Morgan fingerprint density at radius 2 is 1.73 bits per heavy atom. The van der Waals surface area contributed by atoms with Crippen molar-refractivity contribution in [1.29, 1.82) is 0 Å². The molecule has 0 bridgehead atoms. The summed E-state index contributed by atoms with van der Waals surface area (Å²) in [4.78, 5) is 14.2. The lowest BCUT2D eigenvalue weighted by molar-refractivity contribution is -0.120. The van der Waals surface area contributed by atoms with E-state index in [2.05, 4.69) is 39.2 Å². The number of benzene rings is 1. The molecule has 212 valence electrons. The zero-order chi connectivity index (χ0) is 28.2. The Morgan fingerprint density at radius 3 is 2.22 bits per heavy atom. The van der Waals surface area contributed by atoms with Crippen molar-refractivity contribution in [3.63, 3.8) is 0 Å². The minimum atomic E-state index is -2.23. The molecule has 0 radical (unpaired) electrons. The molecule has 0 unspecified atom stereocenters. The lowest BCUT2D eigenvalue weighted by atomic mass is 9.75. The number of hydrogen-bond donors (Lipinski definition) is 2. The highest BCUT2D eigenvalue weighted by molar-refractivity contribution is 6.74. The number of methoxy groups -OCH3 is 2. The van der Waals surface area contributed by atoms with Gasteiger partial charge in [-0.15, -0.1) is 0 Å². The van der Waals surface area contributed by atoms with Gasteiger partial charge in [0.15, 0.2) is 31.5 Å². The van der Waals surface area contributed by atoms with Crippen LogP contribution in [0.4, 0.5) is 18.0 Å². The zero-order valence-corrected chi connectivity index (χ0v) is 24.2. The number of carbonyl (C=O) groups is 1. The predicted molar refractivity (Wildman–Crippen MR) is 137 cm³/mol. The number of likely N-dealkylation sites (tertiary alicyclic amines) is 1. The normalized spacial score (nSPS) is 23.9. The minimum absolute atomic E-state index is 0.000493. The molecular formula is C25H42F3N3O5Si. The molecule has 1 heterocycles. The van der Waals surface area contributed by atoms with Crippen LogP contribution < -0.4 is 11.1 Å². The molecule has 3 atom stereocenters. The second-order valence-corrected chi connectivity index (χ2v) is 16.1. The number of nitrogens with zero attached hydrogens (tertiary/aromatic N) is 1. The molecule has 0 saturated carbocycles. The summed E-state index contributed by atoms with van der Waals surface area (Å²) in [7, 11) is 0.876. The smallest absolute Gasteiger partial charge is 0.314 e. The van der Waals surface area contributed by atoms with E-state index >= 15 is 0 Å². The molecule has 8 nitrogen and oxygen atoms in total. The molecule has 2 amide bonds. The number of rotatable bonds is 12. The van der Waals surface area contributed by atoms with E-state index in [0.717, 1.165) is 12.1 Å². The molecule has 1 aliphatic rings. The molecule has 2 rings (SSSR count). The molecule has 1 saturated heterocycles. The van der Waals surface area contributed by atoms with Crippen molar-refractivity contribution in [1.82, 2.24) is 10.2 Å². The van der Waals surface area contributed by atoms with E-state index in [1.807, 2.05) is 4.90 Å². The Balaban J connectivity index is 2.53. The van der Waals surface area contributed by atoms with Gasteiger partial charge in [-0.1, -0.05) is 20.8 Å². The molecule has 0 aliphatic carbocycles. The highest BCUT2D eigenvalue weighted by Crippen LogP contribution is 2.44. The summed E-state index contributed by atoms with van der Waals surface area (Å²) in [5.74, 6) is -4.24. The first kappa shape index (κ1) is 31.5. The third-order valence-corrected chi connectivity index (χ3v) is 12.1. The van der Waals surface area contributed by atoms with Gasteiger partial charge in [0.2, 0.25) is 0 Å². The fourth-order valence-corrected chi connectivity index (χ4v) is 5.77. The molecular weight excluding hydrogens is 507 g/mol. The maximum absolute atomic E-state index is 14.4. The van der Waals surface area contributed by atoms with Crippen LogP contribution in [0.2, 0.25) is 18.1 Å². The van der Waals surface area contributed by atoms with Crippen molar-refractivity contribution in [2.24, 2.45) is 5.73 Å². The highest BCUT2D eigenvalue weighted by atomic mass is 28.4. The van der Waals surface area contributed by atoms with Crippen LogP contribution in [0, 0.1) is 17.5 Å². The minimum Gasteiger partial charge on any atom is -0.409 e. The fourth-order valence-electron chi connectivity index (χ4n) is 4.45. The van der Waals surface area contributed by atoms with Gasteiger partial charge in [0, 0.05) is 33.9 Å². The first-order chi connectivity index (χ1) is 17.0. The van der Waals surface area contributed by atoms with Crippen LogP contribution >= 0.6 is 0 Å². The maximum Gasteiger partial charge on any atom is 0.314 e. The van der Waals surface area contributed by atoms with Gasteiger partial charge in [0.05, 0.1) is 31.3 Å². The number of nitrogens with two attached hydrogens (primary N) is 1. The molecule has 3 N–H and O–H groups in total. The highest BCUT2D eigenvalue weighted by Gasteiger charge is 2.58. The summed E-state index contributed by atoms with van der Waals surface area (Å²) >= 11 is 0. The van der Waals surface area contributed by atoms with Crippen molar-refractivity contribution >= 4 is 14.3 Å². The Morgan fingerprint density at radius 1 is 1.14 bits per heavy atom. The molecule has 0 spiro atoms. The third kappa shape index (κ3) is 7.04. The second kappa shape index (κ2) is 12.0. The van der Waals surface area contributed by atoms with Crippen molar-refractivity contribution in [3.05, 3.63) is 35.1 Å². The van der Waals surface area contributed by atoms with Crippen molar-refractivity contribution in [2.45, 2.75) is 63.1 Å². The molecule has 0 aromatic heterocycles. The van der Waals surface area contributed by atoms with Crippen molar-refractivity contribution < 1.29 is 36.6 Å². The number of ether oxygens (including phenoxy) is 3. The number of carbonyl (C=O) groups excluding carboxylic acids is 1. The second-order valence-electron chi connectivity index (χ2n) is 11.4. The maximum atomic E-state index is 14.4. The van der Waals surface area contributed by atoms with Crippen LogP contribution in [-0.4, -0.2) is 84.8 Å². The van der Waals surface area contributed by atoms with Crippen LogP contribution in [0.15, 0.2) is 12.1 Å². The molecule has 1 aliphatic heterocycles. The number of primary amides is 1. The summed E-state index contributed by atoms with van der Waals surface area (Å²) in [6.45, 7) is 13.6. The largest absolute Gasteiger partial charge is 0.409 e. The lowest BCUT2D eigenvalue weighted by Gasteiger charge is -2.44. The van der Waals surface area contributed by atoms with Gasteiger partial charge in [-0.2, -0.15) is 0 Å². The Bertz CT molecular complexity index is 926. The van der Waals surface area contributed by atoms with Gasteiger partial charge < -0.3 is 29.7 Å². The summed E-state index contributed by atoms with van der Waals surface area (Å²) in [5, 5.41) is 2.63. The summed E-state index contributed by atoms with van der Waals surface area (Å²) in [6.07, 6.45) is -0.489. The SMILES string of the molecule is COCCN1C[C@@](C)(c2cc(F)c(F)c(F)c2)[C@](NC(N)=O)(OC[C@H](COC)O[Si](C)(C)C(C)(C)C)C1. The van der Waals surface area contributed by atoms with E-state index in [9.17, 15) is 18.0 Å². The standard InChI is InChI=1S/C25H42F3N3O5Si/c1-23(2,3)37(7,8)36-18(13-34-6)14-35-25(30-22(29)32)16-31(9-10-33-5)15-24(25,4)17-11-19(26)21(28)20(27)12-17/h11-12,18H,9-10,13-16H2,1-8H3,(H3,29,30,32)/t18-,24-,25+/m0/s1. The Labute approximate surface area is 219 Å². The number of amides is 2. The van der Waals surface area contributed by atoms with Gasteiger partial charge >= 0.3 is 6.03 Å². The first-order valence-electron chi connectivity index (χ1n) is 12.3. The number of urea groups is 1. The average molecular weight is 550 g/mol. The van der Waals surface area contributed by atoms with E-state index in [0.29, 0.717) is 13.2 Å². The van der Waals surface area contributed by atoms with Gasteiger partial charge in [-0.3, -0.25) is 4.90 Å². The molecule has 1 fully saturated rings. The van der Waals surface area contributed by atoms with E-state index in [1.54, 1.807) is 21.1 Å². The van der Waals surface area contributed by atoms with Crippen LogP contribution in [0.25, 0.3) is 0 Å². The summed E-state index contributed by atoms with van der Waals surface area (Å²) < 4.78 is 66.1. The first-order valence-corrected chi connectivity index (χ1v) is 15.2. The Kier molecular flexibility index (Phi) is 10.2. The van der Waals surface area contributed by atoms with E-state index in [1.165, 1.54) is 0 Å². The third-order valence-electron chi connectivity index (χ3n) is 7.57. The molecule has 1 aromatic carbocycles. The predicted octanol–water partition coefficient (Wildman–Crippen LogP) is 3.74. The van der Waals surface area contributed by atoms with Crippen LogP contribution in [0.1, 0.15) is 33.3 Å². The fraction of sp³-hybridized carbons (Fsp3) is 0.720. The number of halogens is 3. The van der Waals surface area contributed by atoms with Crippen LogP contribution in [0.5, 0.6) is 0 Å². The zero-order valence-electron chi connectivity index (χ0n) is 23.2. The van der Waals surface area contributed by atoms with E-state index in [-0.39, 0.29) is 36.9 Å². The van der Waals surface area contributed by atoms with E-state index < -0.39 is 49.0 Å². The van der Waals surface area contributed by atoms with Gasteiger partial charge in [-0.05, 0) is 42.8 Å². The average Bonchev–Trinajstić information content (AvgIpc) is 3.05. The Hall–Kier alpha value is -1.70. The quantitative estimate of drug-likeness (QED) is 0.234. The van der Waals surface area contributed by atoms with E-state index in [4.69, 9.17) is 24.4 Å². The van der Waals surface area contributed by atoms with Gasteiger partial charge in [0.1, 0.15) is 0 Å². The number of nitrogens with one attached hydrogen (secondary N) is 1. The summed E-state index contributed by atoms with van der Waals surface area (Å²) in [5.41, 5.74) is 2.95. The van der Waals surface area contributed by atoms with Crippen molar-refractivity contribution in [3.8, 4) is 0 Å².